The van der Waals surface area contributed by atoms with Crippen molar-refractivity contribution in [3.63, 3.8) is 0 Å². The molecule has 0 saturated carbocycles. The first-order chi connectivity index (χ1) is 8.36. The maximum Gasteiger partial charge on any atom is 0.192 e. The number of rotatable bonds is 4. The highest BCUT2D eigenvalue weighted by Crippen LogP contribution is 2.36. The summed E-state index contributed by atoms with van der Waals surface area (Å²) in [6, 6.07) is 0. The zero-order valence-electron chi connectivity index (χ0n) is 9.76. The van der Waals surface area contributed by atoms with Crippen molar-refractivity contribution in [2.24, 2.45) is 11.1 Å². The van der Waals surface area contributed by atoms with Gasteiger partial charge in [-0.2, -0.15) is 0 Å². The van der Waals surface area contributed by atoms with E-state index in [2.05, 4.69) is 9.99 Å². The predicted octanol–water partition coefficient (Wildman–Crippen LogP) is 3.71. The Balaban J connectivity index is 2.80. The Bertz CT molecular complexity index is 402. The van der Waals surface area contributed by atoms with E-state index in [1.54, 1.807) is 13.8 Å². The summed E-state index contributed by atoms with van der Waals surface area (Å²) in [7, 11) is 0. The maximum absolute atomic E-state index is 13.2. The highest BCUT2D eigenvalue weighted by Gasteiger charge is 2.40. The van der Waals surface area contributed by atoms with Crippen LogP contribution in [0, 0.1) is 5.92 Å². The van der Waals surface area contributed by atoms with E-state index in [9.17, 15) is 22.0 Å². The standard InChI is InChI=1S/C11H12F5NO/c1-5(2)3-17-18-4-6-7(12)9(14)11(16)10(15)8(6)13/h3,5,9,11H,4H2,1-2H3/b17-3+. The molecular formula is C11H12F5NO. The zero-order chi connectivity index (χ0) is 13.9. The van der Waals surface area contributed by atoms with Crippen LogP contribution in [0.25, 0.3) is 0 Å². The summed E-state index contributed by atoms with van der Waals surface area (Å²) >= 11 is 0. The van der Waals surface area contributed by atoms with Gasteiger partial charge in [0.25, 0.3) is 0 Å². The van der Waals surface area contributed by atoms with E-state index in [1.165, 1.54) is 6.21 Å². The predicted molar refractivity (Wildman–Crippen MR) is 56.5 cm³/mol. The van der Waals surface area contributed by atoms with Crippen molar-refractivity contribution in [2.45, 2.75) is 26.2 Å². The average Bonchev–Trinajstić information content (AvgIpc) is 2.32. The van der Waals surface area contributed by atoms with Crippen LogP contribution in [0.1, 0.15) is 13.8 Å². The van der Waals surface area contributed by atoms with Crippen LogP contribution in [0.2, 0.25) is 0 Å². The quantitative estimate of drug-likeness (QED) is 0.433. The summed E-state index contributed by atoms with van der Waals surface area (Å²) < 4.78 is 64.9. The molecule has 2 unspecified atom stereocenters. The molecule has 0 aromatic rings. The lowest BCUT2D eigenvalue weighted by atomic mass is 10.0. The molecule has 102 valence electrons. The van der Waals surface area contributed by atoms with Crippen molar-refractivity contribution < 1.29 is 26.8 Å². The molecule has 0 aromatic carbocycles. The van der Waals surface area contributed by atoms with Gasteiger partial charge in [0.2, 0.25) is 0 Å². The fraction of sp³-hybridized carbons (Fsp3) is 0.545. The summed E-state index contributed by atoms with van der Waals surface area (Å²) in [6.07, 6.45) is -4.46. The lowest BCUT2D eigenvalue weighted by Crippen LogP contribution is -2.26. The van der Waals surface area contributed by atoms with Gasteiger partial charge in [-0.25, -0.2) is 22.0 Å². The number of allylic oxidation sites excluding steroid dienone is 2. The van der Waals surface area contributed by atoms with E-state index in [-0.39, 0.29) is 5.92 Å². The molecule has 1 aliphatic rings. The largest absolute Gasteiger partial charge is 0.391 e. The van der Waals surface area contributed by atoms with Crippen LogP contribution in [0.3, 0.4) is 0 Å². The molecule has 0 aliphatic heterocycles. The lowest BCUT2D eigenvalue weighted by molar-refractivity contribution is 0.140. The molecule has 0 bridgehead atoms. The average molecular weight is 269 g/mol. The fourth-order valence-corrected chi connectivity index (χ4v) is 1.19. The van der Waals surface area contributed by atoms with Gasteiger partial charge < -0.3 is 4.84 Å². The Labute approximate surface area is 101 Å². The first-order valence-electron chi connectivity index (χ1n) is 5.24. The second-order valence-electron chi connectivity index (χ2n) is 4.06. The van der Waals surface area contributed by atoms with Crippen LogP contribution in [-0.2, 0) is 4.84 Å². The van der Waals surface area contributed by atoms with Crippen LogP contribution < -0.4 is 0 Å². The number of nitrogens with zero attached hydrogens (tertiary/aromatic N) is 1. The Morgan fingerprint density at radius 3 is 2.28 bits per heavy atom. The summed E-state index contributed by atoms with van der Waals surface area (Å²) in [5.41, 5.74) is -0.991. The molecule has 0 fully saturated rings. The fourth-order valence-electron chi connectivity index (χ4n) is 1.19. The topological polar surface area (TPSA) is 21.6 Å². The summed E-state index contributed by atoms with van der Waals surface area (Å²) in [4.78, 5) is 4.50. The molecule has 2 atom stereocenters. The van der Waals surface area contributed by atoms with Gasteiger partial charge in [-0.3, -0.25) is 0 Å². The van der Waals surface area contributed by atoms with E-state index in [4.69, 9.17) is 0 Å². The molecule has 0 radical (unpaired) electrons. The molecule has 0 amide bonds. The van der Waals surface area contributed by atoms with Crippen LogP contribution in [0.5, 0.6) is 0 Å². The maximum atomic E-state index is 13.2. The Hall–Kier alpha value is -1.40. The molecule has 0 spiro atoms. The second-order valence-corrected chi connectivity index (χ2v) is 4.06. The minimum Gasteiger partial charge on any atom is -0.391 e. The number of oxime groups is 1. The number of hydrogen-bond acceptors (Lipinski definition) is 2. The molecule has 7 heteroatoms. The van der Waals surface area contributed by atoms with Crippen LogP contribution >= 0.6 is 0 Å². The van der Waals surface area contributed by atoms with Crippen molar-refractivity contribution in [2.75, 3.05) is 6.61 Å². The van der Waals surface area contributed by atoms with Gasteiger partial charge in [-0.1, -0.05) is 19.0 Å². The van der Waals surface area contributed by atoms with Crippen molar-refractivity contribution in [3.8, 4) is 0 Å². The van der Waals surface area contributed by atoms with Gasteiger partial charge >= 0.3 is 0 Å². The van der Waals surface area contributed by atoms with Gasteiger partial charge in [0.05, 0.1) is 5.57 Å². The summed E-state index contributed by atoms with van der Waals surface area (Å²) in [5, 5.41) is 3.35. The first-order valence-corrected chi connectivity index (χ1v) is 5.24. The van der Waals surface area contributed by atoms with E-state index < -0.39 is 42.0 Å². The molecule has 0 saturated heterocycles. The van der Waals surface area contributed by atoms with Gasteiger partial charge in [0, 0.05) is 6.21 Å². The minimum atomic E-state index is -2.95. The molecule has 2 nitrogen and oxygen atoms in total. The molecule has 0 heterocycles. The molecule has 1 aliphatic carbocycles. The van der Waals surface area contributed by atoms with Crippen LogP contribution in [0.4, 0.5) is 22.0 Å². The van der Waals surface area contributed by atoms with E-state index in [1.807, 2.05) is 0 Å². The third-order valence-electron chi connectivity index (χ3n) is 2.15. The lowest BCUT2D eigenvalue weighted by Gasteiger charge is -2.19. The third-order valence-corrected chi connectivity index (χ3v) is 2.15. The Kier molecular flexibility index (Phi) is 4.86. The molecule has 1 rings (SSSR count). The molecule has 0 aromatic heterocycles. The van der Waals surface area contributed by atoms with Crippen LogP contribution in [-0.4, -0.2) is 25.2 Å². The molecular weight excluding hydrogens is 257 g/mol. The number of hydrogen-bond donors (Lipinski definition) is 0. The normalized spacial score (nSPS) is 25.6. The van der Waals surface area contributed by atoms with Crippen molar-refractivity contribution in [1.29, 1.82) is 0 Å². The molecule has 18 heavy (non-hydrogen) atoms. The van der Waals surface area contributed by atoms with Gasteiger partial charge in [-0.05, 0) is 5.92 Å². The Morgan fingerprint density at radius 2 is 1.72 bits per heavy atom. The minimum absolute atomic E-state index is 0.0384. The smallest absolute Gasteiger partial charge is 0.192 e. The van der Waals surface area contributed by atoms with Crippen molar-refractivity contribution in [1.82, 2.24) is 0 Å². The highest BCUT2D eigenvalue weighted by molar-refractivity contribution is 5.58. The van der Waals surface area contributed by atoms with Crippen molar-refractivity contribution in [3.05, 3.63) is 23.1 Å². The van der Waals surface area contributed by atoms with Gasteiger partial charge in [0.1, 0.15) is 12.4 Å². The molecule has 0 N–H and O–H groups in total. The van der Waals surface area contributed by atoms with Crippen LogP contribution in [0.15, 0.2) is 28.2 Å². The number of halogens is 5. The van der Waals surface area contributed by atoms with Gasteiger partial charge in [-0.15, -0.1) is 0 Å². The van der Waals surface area contributed by atoms with E-state index >= 15 is 0 Å². The van der Waals surface area contributed by atoms with Crippen molar-refractivity contribution >= 4 is 6.21 Å². The SMILES string of the molecule is CC(C)/C=N/OCC1=C(F)C(F)C(F)C(F)=C1F. The highest BCUT2D eigenvalue weighted by atomic mass is 19.2. The third kappa shape index (κ3) is 3.08. The summed E-state index contributed by atoms with van der Waals surface area (Å²) in [5.74, 6) is -5.40. The Morgan fingerprint density at radius 1 is 1.17 bits per heavy atom. The van der Waals surface area contributed by atoms with Gasteiger partial charge in [0.15, 0.2) is 24.0 Å². The second kappa shape index (κ2) is 5.97. The zero-order valence-corrected chi connectivity index (χ0v) is 9.76. The van der Waals surface area contributed by atoms with E-state index in [0.717, 1.165) is 0 Å². The first kappa shape index (κ1) is 14.7. The monoisotopic (exact) mass is 269 g/mol. The summed E-state index contributed by atoms with van der Waals surface area (Å²) in [6.45, 7) is 2.75. The van der Waals surface area contributed by atoms with E-state index in [0.29, 0.717) is 0 Å². The number of alkyl halides is 2.